The third kappa shape index (κ3) is 1.95. The zero-order valence-electron chi connectivity index (χ0n) is 16.1. The Hall–Kier alpha value is -1.92. The molecule has 4 atom stereocenters. The molecule has 0 saturated carbocycles. The molecule has 0 radical (unpaired) electrons. The van der Waals surface area contributed by atoms with Crippen molar-refractivity contribution in [3.8, 4) is 0 Å². The molecule has 1 aromatic rings. The number of unbranched alkanes of at least 4 members (excludes halogenated alkanes) is 1. The Morgan fingerprint density at radius 3 is 2.79 bits per heavy atom. The van der Waals surface area contributed by atoms with Gasteiger partial charge in [0, 0.05) is 23.2 Å². The number of carbonyl (C=O) groups excluding carboxylic acids is 3. The van der Waals surface area contributed by atoms with E-state index in [9.17, 15) is 14.4 Å². The highest BCUT2D eigenvalue weighted by atomic mass is 35.5. The van der Waals surface area contributed by atoms with Gasteiger partial charge >= 0.3 is 0 Å². The van der Waals surface area contributed by atoms with Crippen LogP contribution < -0.4 is 5.32 Å². The van der Waals surface area contributed by atoms with Crippen molar-refractivity contribution in [1.29, 1.82) is 0 Å². The van der Waals surface area contributed by atoms with Crippen LogP contribution in [0.15, 0.2) is 12.1 Å². The van der Waals surface area contributed by atoms with E-state index in [1.54, 1.807) is 6.07 Å². The molecule has 3 saturated heterocycles. The molecule has 0 aliphatic carbocycles. The zero-order valence-corrected chi connectivity index (χ0v) is 16.9. The van der Waals surface area contributed by atoms with Crippen molar-refractivity contribution in [3.05, 3.63) is 28.3 Å². The summed E-state index contributed by atoms with van der Waals surface area (Å²) in [4.78, 5) is 43.8. The summed E-state index contributed by atoms with van der Waals surface area (Å²) in [7, 11) is 0. The van der Waals surface area contributed by atoms with Crippen LogP contribution in [0.25, 0.3) is 0 Å². The summed E-state index contributed by atoms with van der Waals surface area (Å²) in [5.41, 5.74) is 1.22. The number of hydrogen-bond acceptors (Lipinski definition) is 4. The lowest BCUT2D eigenvalue weighted by molar-refractivity contribution is -0.145. The predicted molar refractivity (Wildman–Crippen MR) is 105 cm³/mol. The van der Waals surface area contributed by atoms with Crippen LogP contribution in [0.5, 0.6) is 0 Å². The predicted octanol–water partition coefficient (Wildman–Crippen LogP) is 2.68. The summed E-state index contributed by atoms with van der Waals surface area (Å²) in [6.45, 7) is 5.09. The van der Waals surface area contributed by atoms with Gasteiger partial charge in [-0.25, -0.2) is 0 Å². The fraction of sp³-hybridized carbons (Fsp3) is 0.571. The summed E-state index contributed by atoms with van der Waals surface area (Å²) in [6.07, 6.45) is 3.48. The van der Waals surface area contributed by atoms with E-state index < -0.39 is 17.4 Å². The van der Waals surface area contributed by atoms with E-state index in [1.807, 2.05) is 19.9 Å². The Labute approximate surface area is 169 Å². The Morgan fingerprint density at radius 2 is 2.04 bits per heavy atom. The zero-order chi connectivity index (χ0) is 19.8. The number of anilines is 1. The topological polar surface area (TPSA) is 69.7 Å². The Balaban J connectivity index is 1.70. The number of nitrogens with one attached hydrogen (secondary N) is 1. The van der Waals surface area contributed by atoms with Gasteiger partial charge < -0.3 is 5.32 Å². The third-order valence-electron chi connectivity index (χ3n) is 7.19. The molecule has 3 fully saturated rings. The van der Waals surface area contributed by atoms with Gasteiger partial charge in [0.1, 0.15) is 5.54 Å². The maximum atomic E-state index is 13.5. The smallest absolute Gasteiger partial charge is 0.250 e. The number of carbonyl (C=O) groups is 3. The Bertz CT molecular complexity index is 916. The number of amides is 3. The minimum absolute atomic E-state index is 0.0549. The molecule has 28 heavy (non-hydrogen) atoms. The van der Waals surface area contributed by atoms with Crippen LogP contribution in [-0.2, 0) is 19.9 Å². The number of likely N-dealkylation sites (tertiary alicyclic amines) is 1. The van der Waals surface area contributed by atoms with E-state index in [0.717, 1.165) is 43.4 Å². The van der Waals surface area contributed by atoms with Crippen molar-refractivity contribution in [1.82, 2.24) is 9.80 Å². The third-order valence-corrected chi connectivity index (χ3v) is 7.60. The minimum Gasteiger partial charge on any atom is -0.324 e. The maximum Gasteiger partial charge on any atom is 0.250 e. The maximum absolute atomic E-state index is 13.5. The quantitative estimate of drug-likeness (QED) is 0.790. The van der Waals surface area contributed by atoms with Gasteiger partial charge in [-0.2, -0.15) is 0 Å². The van der Waals surface area contributed by atoms with Crippen LogP contribution in [0.2, 0.25) is 5.02 Å². The molecule has 5 rings (SSSR count). The molecule has 1 N–H and O–H groups in total. The van der Waals surface area contributed by atoms with E-state index in [2.05, 4.69) is 10.2 Å². The van der Waals surface area contributed by atoms with Gasteiger partial charge in [-0.3, -0.25) is 24.2 Å². The van der Waals surface area contributed by atoms with E-state index in [0.29, 0.717) is 17.3 Å². The second kappa shape index (κ2) is 6.04. The van der Waals surface area contributed by atoms with E-state index >= 15 is 0 Å². The van der Waals surface area contributed by atoms with Crippen LogP contribution in [0.1, 0.15) is 43.7 Å². The second-order valence-electron chi connectivity index (χ2n) is 8.40. The van der Waals surface area contributed by atoms with Crippen molar-refractivity contribution in [2.75, 3.05) is 18.4 Å². The summed E-state index contributed by atoms with van der Waals surface area (Å²) >= 11 is 6.30. The molecule has 4 heterocycles. The Kier molecular flexibility index (Phi) is 3.91. The number of imide groups is 1. The van der Waals surface area contributed by atoms with Gasteiger partial charge in [0.15, 0.2) is 0 Å². The van der Waals surface area contributed by atoms with Crippen LogP contribution >= 0.6 is 11.6 Å². The van der Waals surface area contributed by atoms with Gasteiger partial charge in [0.25, 0.3) is 0 Å². The first-order chi connectivity index (χ1) is 13.4. The molecule has 4 unspecified atom stereocenters. The van der Waals surface area contributed by atoms with E-state index in [-0.39, 0.29) is 23.8 Å². The molecule has 1 aromatic carbocycles. The van der Waals surface area contributed by atoms with Gasteiger partial charge in [-0.15, -0.1) is 0 Å². The molecule has 1 spiro atoms. The van der Waals surface area contributed by atoms with Gasteiger partial charge in [-0.1, -0.05) is 31.0 Å². The van der Waals surface area contributed by atoms with Gasteiger partial charge in [-0.05, 0) is 44.4 Å². The van der Waals surface area contributed by atoms with E-state index in [4.69, 9.17) is 11.6 Å². The monoisotopic (exact) mass is 401 g/mol. The Morgan fingerprint density at radius 1 is 1.25 bits per heavy atom. The molecule has 0 aromatic heterocycles. The molecular weight excluding hydrogens is 378 g/mol. The lowest BCUT2D eigenvalue weighted by atomic mass is 9.75. The highest BCUT2D eigenvalue weighted by Gasteiger charge is 2.74. The average Bonchev–Trinajstić information content (AvgIpc) is 3.37. The molecule has 7 heteroatoms. The van der Waals surface area contributed by atoms with Crippen molar-refractivity contribution in [2.45, 2.75) is 51.1 Å². The lowest BCUT2D eigenvalue weighted by Gasteiger charge is -2.36. The van der Waals surface area contributed by atoms with Crippen molar-refractivity contribution >= 4 is 35.0 Å². The molecule has 4 aliphatic heterocycles. The van der Waals surface area contributed by atoms with Crippen LogP contribution in [0, 0.1) is 18.8 Å². The first-order valence-corrected chi connectivity index (χ1v) is 10.5. The lowest BCUT2D eigenvalue weighted by Crippen LogP contribution is -2.54. The van der Waals surface area contributed by atoms with Crippen LogP contribution in [-0.4, -0.2) is 46.7 Å². The first kappa shape index (κ1) is 18.1. The minimum atomic E-state index is -1.09. The van der Waals surface area contributed by atoms with Crippen LogP contribution in [0.4, 0.5) is 5.69 Å². The normalized spacial score (nSPS) is 33.6. The highest BCUT2D eigenvalue weighted by molar-refractivity contribution is 6.32. The van der Waals surface area contributed by atoms with Gasteiger partial charge in [0.05, 0.1) is 17.5 Å². The second-order valence-corrected chi connectivity index (χ2v) is 8.81. The van der Waals surface area contributed by atoms with E-state index in [1.165, 1.54) is 4.90 Å². The summed E-state index contributed by atoms with van der Waals surface area (Å²) in [5, 5.41) is 3.60. The molecular formula is C21H24ClN3O3. The standard InChI is InChI=1S/C21H24ClN3O3/c1-3-4-9-24-18(26)15-14-6-5-10-25(14)21(16(15)19(24)27)12-7-8-13(22)11(2)17(12)23-20(21)28/h7-8,14-16H,3-6,9-10H2,1-2H3,(H,23,28). The number of nitrogens with zero attached hydrogens (tertiary/aromatic N) is 2. The average molecular weight is 402 g/mol. The largest absolute Gasteiger partial charge is 0.324 e. The fourth-order valence-corrected chi connectivity index (χ4v) is 6.14. The summed E-state index contributed by atoms with van der Waals surface area (Å²) in [6, 6.07) is 3.61. The number of benzene rings is 1. The summed E-state index contributed by atoms with van der Waals surface area (Å²) < 4.78 is 0. The van der Waals surface area contributed by atoms with Crippen molar-refractivity contribution in [3.63, 3.8) is 0 Å². The molecule has 3 amide bonds. The fourth-order valence-electron chi connectivity index (χ4n) is 5.99. The molecule has 4 aliphatic rings. The molecule has 148 valence electrons. The van der Waals surface area contributed by atoms with Crippen molar-refractivity contribution in [2.24, 2.45) is 11.8 Å². The number of hydrogen-bond donors (Lipinski definition) is 1. The summed E-state index contributed by atoms with van der Waals surface area (Å²) in [5.74, 6) is -1.55. The first-order valence-electron chi connectivity index (χ1n) is 10.2. The molecule has 0 bridgehead atoms. The SMILES string of the molecule is CCCCN1C(=O)C2C3CCCN3C3(C(=O)Nc4c3ccc(Cl)c4C)C2C1=O. The number of halogens is 1. The number of rotatable bonds is 3. The molecule has 6 nitrogen and oxygen atoms in total. The van der Waals surface area contributed by atoms with Gasteiger partial charge in [0.2, 0.25) is 17.7 Å². The van der Waals surface area contributed by atoms with Crippen LogP contribution in [0.3, 0.4) is 0 Å². The highest BCUT2D eigenvalue weighted by Crippen LogP contribution is 2.60. The number of fused-ring (bicyclic) bond motifs is 7. The van der Waals surface area contributed by atoms with Crippen molar-refractivity contribution < 1.29 is 14.4 Å².